The first-order valence-electron chi connectivity index (χ1n) is 3.99. The largest absolute Gasteiger partial charge is 0.428 e. The predicted molar refractivity (Wildman–Crippen MR) is 63.9 cm³/mol. The number of thiazole rings is 1. The zero-order chi connectivity index (χ0) is 11.7. The van der Waals surface area contributed by atoms with E-state index >= 15 is 0 Å². The maximum absolute atomic E-state index is 13.3. The highest BCUT2D eigenvalue weighted by molar-refractivity contribution is 9.10. The molecular weight excluding hydrogens is 368 g/mol. The molecule has 2 aromatic rings. The predicted octanol–water partition coefficient (Wildman–Crippen LogP) is 4.74. The fourth-order valence-corrected chi connectivity index (χ4v) is 2.49. The second-order valence-electron chi connectivity index (χ2n) is 2.74. The van der Waals surface area contributed by atoms with Crippen molar-refractivity contribution in [2.24, 2.45) is 0 Å². The molecule has 0 amide bonds. The lowest BCUT2D eigenvalue weighted by Gasteiger charge is -2.04. The summed E-state index contributed by atoms with van der Waals surface area (Å²) < 4.78 is 32.5. The van der Waals surface area contributed by atoms with E-state index in [0.717, 1.165) is 6.07 Å². The Morgan fingerprint density at radius 3 is 2.62 bits per heavy atom. The summed E-state index contributed by atoms with van der Waals surface area (Å²) in [4.78, 5) is 3.91. The summed E-state index contributed by atoms with van der Waals surface area (Å²) in [5.74, 6) is -2.21. The number of hydrogen-bond acceptors (Lipinski definition) is 3. The van der Waals surface area contributed by atoms with Crippen molar-refractivity contribution in [1.82, 2.24) is 4.98 Å². The van der Waals surface area contributed by atoms with Gasteiger partial charge in [-0.3, -0.25) is 0 Å². The van der Waals surface area contributed by atoms with Crippen LogP contribution in [-0.4, -0.2) is 4.98 Å². The van der Waals surface area contributed by atoms with Gasteiger partial charge in [-0.2, -0.15) is 9.37 Å². The Bertz CT molecular complexity index is 532. The summed E-state index contributed by atoms with van der Waals surface area (Å²) in [6, 6.07) is 2.37. The van der Waals surface area contributed by atoms with Crippen LogP contribution in [0, 0.1) is 11.6 Å². The van der Waals surface area contributed by atoms with E-state index in [9.17, 15) is 8.78 Å². The Hall–Kier alpha value is -0.530. The summed E-state index contributed by atoms with van der Waals surface area (Å²) in [6.07, 6.45) is 0. The van der Waals surface area contributed by atoms with Gasteiger partial charge in [0.2, 0.25) is 5.82 Å². The number of rotatable bonds is 2. The number of nitrogens with zero attached hydrogens (tertiary/aromatic N) is 1. The van der Waals surface area contributed by atoms with E-state index in [1.165, 1.54) is 17.4 Å². The highest BCUT2D eigenvalue weighted by Crippen LogP contribution is 2.32. The van der Waals surface area contributed by atoms with Crippen molar-refractivity contribution in [2.45, 2.75) is 0 Å². The summed E-state index contributed by atoms with van der Waals surface area (Å²) in [6.45, 7) is 0. The van der Waals surface area contributed by atoms with Crippen molar-refractivity contribution in [3.05, 3.63) is 38.2 Å². The first-order valence-corrected chi connectivity index (χ1v) is 6.46. The lowest BCUT2D eigenvalue weighted by atomic mass is 10.3. The smallest absolute Gasteiger partial charge is 0.279 e. The molecule has 0 bridgehead atoms. The molecule has 2 rings (SSSR count). The molecule has 1 heterocycles. The molecule has 84 valence electrons. The quantitative estimate of drug-likeness (QED) is 0.712. The Morgan fingerprint density at radius 1 is 1.25 bits per heavy atom. The number of hydrogen-bond donors (Lipinski definition) is 0. The van der Waals surface area contributed by atoms with Gasteiger partial charge in [-0.15, -0.1) is 0 Å². The van der Waals surface area contributed by atoms with Gasteiger partial charge in [-0.1, -0.05) is 27.3 Å². The highest BCUT2D eigenvalue weighted by Gasteiger charge is 2.13. The molecule has 0 unspecified atom stereocenters. The van der Waals surface area contributed by atoms with Crippen LogP contribution in [0.1, 0.15) is 0 Å². The SMILES string of the molecule is Fc1cc(Br)cc(Oc2nc(Br)cs2)c1F. The van der Waals surface area contributed by atoms with Crippen molar-refractivity contribution in [1.29, 1.82) is 0 Å². The molecule has 0 spiro atoms. The van der Waals surface area contributed by atoms with Gasteiger partial charge in [-0.25, -0.2) is 4.39 Å². The number of halogens is 4. The molecule has 7 heteroatoms. The fraction of sp³-hybridized carbons (Fsp3) is 0. The van der Waals surface area contributed by atoms with Crippen LogP contribution in [0.3, 0.4) is 0 Å². The van der Waals surface area contributed by atoms with Gasteiger partial charge < -0.3 is 4.74 Å². The second kappa shape index (κ2) is 4.77. The van der Waals surface area contributed by atoms with Crippen LogP contribution in [0.2, 0.25) is 0 Å². The van der Waals surface area contributed by atoms with E-state index in [2.05, 4.69) is 36.8 Å². The van der Waals surface area contributed by atoms with Crippen LogP contribution in [0.25, 0.3) is 0 Å². The monoisotopic (exact) mass is 369 g/mol. The third-order valence-corrected chi connectivity index (χ3v) is 3.50. The third-order valence-electron chi connectivity index (χ3n) is 1.61. The average Bonchev–Trinajstić information content (AvgIpc) is 2.60. The molecule has 2 nitrogen and oxygen atoms in total. The van der Waals surface area contributed by atoms with E-state index in [-0.39, 0.29) is 10.9 Å². The molecule has 0 aliphatic heterocycles. The molecule has 0 aliphatic carbocycles. The molecule has 0 aliphatic rings. The summed E-state index contributed by atoms with van der Waals surface area (Å²) in [5, 5.41) is 1.92. The third kappa shape index (κ3) is 2.58. The van der Waals surface area contributed by atoms with Crippen molar-refractivity contribution in [3.8, 4) is 10.9 Å². The second-order valence-corrected chi connectivity index (χ2v) is 5.29. The molecule has 0 radical (unpaired) electrons. The van der Waals surface area contributed by atoms with Crippen LogP contribution in [0.5, 0.6) is 10.9 Å². The van der Waals surface area contributed by atoms with E-state index in [1.54, 1.807) is 5.38 Å². The Morgan fingerprint density at radius 2 is 2.00 bits per heavy atom. The van der Waals surface area contributed by atoms with Gasteiger partial charge >= 0.3 is 0 Å². The van der Waals surface area contributed by atoms with E-state index in [1.807, 2.05) is 0 Å². The fourth-order valence-electron chi connectivity index (χ4n) is 0.987. The van der Waals surface area contributed by atoms with Crippen molar-refractivity contribution < 1.29 is 13.5 Å². The van der Waals surface area contributed by atoms with E-state index in [4.69, 9.17) is 4.74 Å². The van der Waals surface area contributed by atoms with Crippen LogP contribution < -0.4 is 4.74 Å². The van der Waals surface area contributed by atoms with Gasteiger partial charge in [0.05, 0.1) is 0 Å². The van der Waals surface area contributed by atoms with Gasteiger partial charge in [0.25, 0.3) is 5.19 Å². The molecule has 16 heavy (non-hydrogen) atoms. The molecule has 0 saturated heterocycles. The van der Waals surface area contributed by atoms with Gasteiger partial charge in [0, 0.05) is 9.85 Å². The average molecular weight is 371 g/mol. The van der Waals surface area contributed by atoms with E-state index in [0.29, 0.717) is 9.08 Å². The maximum atomic E-state index is 13.3. The van der Waals surface area contributed by atoms with Crippen LogP contribution in [0.4, 0.5) is 8.78 Å². The molecule has 0 N–H and O–H groups in total. The van der Waals surface area contributed by atoms with Crippen molar-refractivity contribution in [3.63, 3.8) is 0 Å². The van der Waals surface area contributed by atoms with Crippen molar-refractivity contribution in [2.75, 3.05) is 0 Å². The van der Waals surface area contributed by atoms with Crippen LogP contribution in [0.15, 0.2) is 26.6 Å². The minimum atomic E-state index is -1.03. The molecule has 1 aromatic carbocycles. The molecule has 0 atom stereocenters. The Kier molecular flexibility index (Phi) is 3.56. The van der Waals surface area contributed by atoms with E-state index < -0.39 is 11.6 Å². The summed E-state index contributed by atoms with van der Waals surface area (Å²) in [5.41, 5.74) is 0. The topological polar surface area (TPSA) is 22.1 Å². The van der Waals surface area contributed by atoms with Gasteiger partial charge in [0.15, 0.2) is 11.6 Å². The first-order chi connectivity index (χ1) is 7.56. The standard InChI is InChI=1S/C9H3Br2F2NOS/c10-4-1-5(12)8(13)6(2-4)15-9-14-7(11)3-16-9/h1-3H. The molecule has 1 aromatic heterocycles. The van der Waals surface area contributed by atoms with Crippen LogP contribution in [-0.2, 0) is 0 Å². The number of ether oxygens (including phenoxy) is 1. The highest BCUT2D eigenvalue weighted by atomic mass is 79.9. The number of aromatic nitrogens is 1. The summed E-state index contributed by atoms with van der Waals surface area (Å²) in [7, 11) is 0. The van der Waals surface area contributed by atoms with Crippen LogP contribution >= 0.6 is 43.2 Å². The normalized spacial score (nSPS) is 10.5. The van der Waals surface area contributed by atoms with Crippen molar-refractivity contribution >= 4 is 43.2 Å². The minimum Gasteiger partial charge on any atom is -0.428 e. The summed E-state index contributed by atoms with van der Waals surface area (Å²) >= 11 is 7.37. The minimum absolute atomic E-state index is 0.200. The Labute approximate surface area is 111 Å². The lowest BCUT2D eigenvalue weighted by Crippen LogP contribution is -1.91. The van der Waals surface area contributed by atoms with Gasteiger partial charge in [0.1, 0.15) is 4.60 Å². The molecule has 0 fully saturated rings. The van der Waals surface area contributed by atoms with Gasteiger partial charge in [-0.05, 0) is 28.1 Å². The lowest BCUT2D eigenvalue weighted by molar-refractivity contribution is 0.413. The zero-order valence-corrected chi connectivity index (χ0v) is 11.5. The first kappa shape index (κ1) is 11.9. The Balaban J connectivity index is 2.34. The number of benzene rings is 1. The molecule has 0 saturated carbocycles. The maximum Gasteiger partial charge on any atom is 0.279 e. The molecular formula is C9H3Br2F2NOS. The zero-order valence-electron chi connectivity index (χ0n) is 7.51.